The first-order valence-electron chi connectivity index (χ1n) is 10.9. The van der Waals surface area contributed by atoms with Crippen LogP contribution in [0, 0.1) is 0 Å². The van der Waals surface area contributed by atoms with Crippen LogP contribution in [0.2, 0.25) is 5.02 Å². The zero-order chi connectivity index (χ0) is 23.7. The number of fused-ring (bicyclic) bond motifs is 1. The van der Waals surface area contributed by atoms with E-state index in [0.717, 1.165) is 34.5 Å². The zero-order valence-corrected chi connectivity index (χ0v) is 19.2. The Kier molecular flexibility index (Phi) is 5.77. The lowest BCUT2D eigenvalue weighted by Crippen LogP contribution is -2.07. The number of carboxylic acids is 1. The zero-order valence-electron chi connectivity index (χ0n) is 18.4. The van der Waals surface area contributed by atoms with E-state index in [9.17, 15) is 9.90 Å². The summed E-state index contributed by atoms with van der Waals surface area (Å²) < 4.78 is 2.01. The van der Waals surface area contributed by atoms with Crippen LogP contribution in [0.4, 0.5) is 11.4 Å². The van der Waals surface area contributed by atoms with Crippen LogP contribution in [0.25, 0.3) is 22.3 Å². The van der Waals surface area contributed by atoms with E-state index in [1.807, 2.05) is 53.2 Å². The van der Waals surface area contributed by atoms with Crippen molar-refractivity contribution >= 4 is 40.0 Å². The van der Waals surface area contributed by atoms with Crippen molar-refractivity contribution in [3.63, 3.8) is 0 Å². The molecule has 5 rings (SSSR count). The first-order valence-corrected chi connectivity index (χ1v) is 11.3. The summed E-state index contributed by atoms with van der Waals surface area (Å²) in [6, 6.07) is 15.4. The number of benzene rings is 2. The van der Waals surface area contributed by atoms with Crippen LogP contribution in [0.1, 0.15) is 28.4 Å². The molecule has 0 saturated carbocycles. The normalized spacial score (nSPS) is 11.1. The van der Waals surface area contributed by atoms with E-state index in [4.69, 9.17) is 11.6 Å². The van der Waals surface area contributed by atoms with Crippen molar-refractivity contribution in [2.75, 3.05) is 5.32 Å². The van der Waals surface area contributed by atoms with E-state index in [2.05, 4.69) is 33.3 Å². The second kappa shape index (κ2) is 9.03. The predicted molar refractivity (Wildman–Crippen MR) is 134 cm³/mol. The number of nitrogens with one attached hydrogen (secondary N) is 2. The summed E-state index contributed by atoms with van der Waals surface area (Å²) in [4.78, 5) is 23.9. The maximum atomic E-state index is 12.1. The number of H-pyrrole nitrogens is 1. The highest BCUT2D eigenvalue weighted by atomic mass is 35.5. The molecule has 0 saturated heterocycles. The standard InChI is InChI=1S/C26H22ClN5O2/c1-2-19-17(14-32-11-10-28-15-32)4-3-5-22(19)30-24-20-12-23(16-6-8-18(27)9-7-16)31-25(20)29-13-21(24)26(33)34/h3-13,15H,2,14H2,1H3,(H,33,34)(H2,29,30,31). The second-order valence-electron chi connectivity index (χ2n) is 7.96. The molecule has 0 atom stereocenters. The van der Waals surface area contributed by atoms with E-state index in [1.54, 1.807) is 12.5 Å². The van der Waals surface area contributed by atoms with Gasteiger partial charge in [-0.25, -0.2) is 14.8 Å². The number of carbonyl (C=O) groups is 1. The van der Waals surface area contributed by atoms with Gasteiger partial charge in [-0.1, -0.05) is 42.8 Å². The highest BCUT2D eigenvalue weighted by Crippen LogP contribution is 2.34. The Hall–Kier alpha value is -4.10. The summed E-state index contributed by atoms with van der Waals surface area (Å²) in [6.45, 7) is 2.77. The van der Waals surface area contributed by atoms with Crippen LogP contribution in [-0.4, -0.2) is 30.6 Å². The number of aromatic amines is 1. The molecule has 0 aliphatic heterocycles. The van der Waals surface area contributed by atoms with Crippen molar-refractivity contribution in [2.24, 2.45) is 0 Å². The molecule has 170 valence electrons. The molecular formula is C26H22ClN5O2. The molecule has 0 fully saturated rings. The molecule has 0 amide bonds. The number of hydrogen-bond donors (Lipinski definition) is 3. The molecule has 0 unspecified atom stereocenters. The second-order valence-corrected chi connectivity index (χ2v) is 8.40. The average molecular weight is 472 g/mol. The van der Waals surface area contributed by atoms with Crippen LogP contribution >= 0.6 is 11.6 Å². The third kappa shape index (κ3) is 4.13. The van der Waals surface area contributed by atoms with Crippen LogP contribution < -0.4 is 5.32 Å². The molecule has 7 nitrogen and oxygen atoms in total. The van der Waals surface area contributed by atoms with Crippen LogP contribution in [0.5, 0.6) is 0 Å². The maximum Gasteiger partial charge on any atom is 0.339 e. The van der Waals surface area contributed by atoms with Gasteiger partial charge in [-0.05, 0) is 47.4 Å². The van der Waals surface area contributed by atoms with Crippen molar-refractivity contribution in [1.29, 1.82) is 0 Å². The van der Waals surface area contributed by atoms with Gasteiger partial charge in [-0.2, -0.15) is 0 Å². The highest BCUT2D eigenvalue weighted by molar-refractivity contribution is 6.30. The van der Waals surface area contributed by atoms with Crippen molar-refractivity contribution in [3.05, 3.63) is 95.2 Å². The van der Waals surface area contributed by atoms with Gasteiger partial charge in [0.05, 0.1) is 12.0 Å². The fraction of sp³-hybridized carbons (Fsp3) is 0.115. The van der Waals surface area contributed by atoms with Crippen molar-refractivity contribution in [3.8, 4) is 11.3 Å². The van der Waals surface area contributed by atoms with Crippen molar-refractivity contribution < 1.29 is 9.90 Å². The molecule has 0 bridgehead atoms. The predicted octanol–water partition coefficient (Wildman–Crippen LogP) is 6.13. The molecule has 0 aliphatic rings. The molecule has 0 radical (unpaired) electrons. The minimum atomic E-state index is -1.04. The Morgan fingerprint density at radius 2 is 2.03 bits per heavy atom. The summed E-state index contributed by atoms with van der Waals surface area (Å²) in [6.07, 6.45) is 7.63. The van der Waals surface area contributed by atoms with Crippen LogP contribution in [0.15, 0.2) is 73.4 Å². The number of hydrogen-bond acceptors (Lipinski definition) is 4. The third-order valence-corrected chi connectivity index (χ3v) is 6.09. The lowest BCUT2D eigenvalue weighted by molar-refractivity contribution is 0.0697. The van der Waals surface area contributed by atoms with E-state index in [-0.39, 0.29) is 5.56 Å². The van der Waals surface area contributed by atoms with Gasteiger partial charge < -0.3 is 20.0 Å². The Labute approximate surface area is 201 Å². The number of aromatic carboxylic acids is 1. The molecule has 3 heterocycles. The maximum absolute atomic E-state index is 12.1. The minimum absolute atomic E-state index is 0.108. The molecule has 34 heavy (non-hydrogen) atoms. The van der Waals surface area contributed by atoms with Crippen molar-refractivity contribution in [2.45, 2.75) is 19.9 Å². The van der Waals surface area contributed by atoms with Crippen LogP contribution in [0.3, 0.4) is 0 Å². The minimum Gasteiger partial charge on any atom is -0.478 e. The van der Waals surface area contributed by atoms with Crippen molar-refractivity contribution in [1.82, 2.24) is 19.5 Å². The van der Waals surface area contributed by atoms with Gasteiger partial charge in [0.25, 0.3) is 0 Å². The quantitative estimate of drug-likeness (QED) is 0.265. The lowest BCUT2D eigenvalue weighted by atomic mass is 10.0. The Morgan fingerprint density at radius 3 is 2.74 bits per heavy atom. The fourth-order valence-corrected chi connectivity index (χ4v) is 4.31. The monoisotopic (exact) mass is 471 g/mol. The summed E-state index contributed by atoms with van der Waals surface area (Å²) >= 11 is 6.03. The number of anilines is 2. The van der Waals surface area contributed by atoms with E-state index in [1.165, 1.54) is 6.20 Å². The summed E-state index contributed by atoms with van der Waals surface area (Å²) in [5.74, 6) is -1.04. The SMILES string of the molecule is CCc1c(Cn2ccnc2)cccc1Nc1c(C(=O)O)cnc2[nH]c(-c3ccc(Cl)cc3)cc12. The van der Waals surface area contributed by atoms with E-state index < -0.39 is 5.97 Å². The summed E-state index contributed by atoms with van der Waals surface area (Å²) in [5, 5.41) is 14.7. The average Bonchev–Trinajstić information content (AvgIpc) is 3.50. The highest BCUT2D eigenvalue weighted by Gasteiger charge is 2.19. The van der Waals surface area contributed by atoms with E-state index in [0.29, 0.717) is 28.3 Å². The number of rotatable bonds is 7. The largest absolute Gasteiger partial charge is 0.478 e. The molecule has 3 aromatic heterocycles. The van der Waals surface area contributed by atoms with E-state index >= 15 is 0 Å². The molecule has 0 aliphatic carbocycles. The first-order chi connectivity index (χ1) is 16.5. The van der Waals surface area contributed by atoms with Gasteiger partial charge >= 0.3 is 5.97 Å². The Balaban J connectivity index is 1.61. The number of nitrogens with zero attached hydrogens (tertiary/aromatic N) is 3. The van der Waals surface area contributed by atoms with Gasteiger partial charge in [0.2, 0.25) is 0 Å². The van der Waals surface area contributed by atoms with Gasteiger partial charge in [-0.15, -0.1) is 0 Å². The molecule has 3 N–H and O–H groups in total. The first kappa shape index (κ1) is 21.7. The number of halogens is 1. The topological polar surface area (TPSA) is 95.8 Å². The lowest BCUT2D eigenvalue weighted by Gasteiger charge is -2.17. The molecule has 2 aromatic carbocycles. The fourth-order valence-electron chi connectivity index (χ4n) is 4.19. The number of carboxylic acid groups (broad SMARTS) is 1. The molecule has 0 spiro atoms. The smallest absolute Gasteiger partial charge is 0.339 e. The molecular weight excluding hydrogens is 450 g/mol. The van der Waals surface area contributed by atoms with Gasteiger partial charge in [0.15, 0.2) is 0 Å². The third-order valence-electron chi connectivity index (χ3n) is 5.84. The van der Waals surface area contributed by atoms with Crippen LogP contribution in [-0.2, 0) is 13.0 Å². The van der Waals surface area contributed by atoms with Gasteiger partial charge in [-0.3, -0.25) is 0 Å². The summed E-state index contributed by atoms with van der Waals surface area (Å²) in [5.41, 5.74) is 6.10. The Morgan fingerprint density at radius 1 is 1.21 bits per heavy atom. The molecule has 8 heteroatoms. The number of imidazole rings is 1. The molecule has 5 aromatic rings. The van der Waals surface area contributed by atoms with Gasteiger partial charge in [0, 0.05) is 46.9 Å². The summed E-state index contributed by atoms with van der Waals surface area (Å²) in [7, 11) is 0. The van der Waals surface area contributed by atoms with Gasteiger partial charge in [0.1, 0.15) is 11.2 Å². The number of pyridine rings is 1. The number of aromatic nitrogens is 4. The Bertz CT molecular complexity index is 1470.